The molecule has 2 heterocycles. The Bertz CT molecular complexity index is 553. The van der Waals surface area contributed by atoms with Crippen LogP contribution >= 0.6 is 0 Å². The standard InChI is InChI=1S/C15H16O6/c1-15(2)20-12-11(16)10(19-14(12)21-15)8-18-13(17)9-6-4-3-5-7-9/h3-7,10,12,14H,8H2,1-2H3/t10?,12-,14?/m0/s1. The van der Waals surface area contributed by atoms with Crippen molar-refractivity contribution in [3.8, 4) is 0 Å². The maximum atomic E-state index is 12.1. The van der Waals surface area contributed by atoms with Gasteiger partial charge in [-0.25, -0.2) is 4.79 Å². The van der Waals surface area contributed by atoms with E-state index in [1.165, 1.54) is 0 Å². The molecule has 0 amide bonds. The fourth-order valence-corrected chi connectivity index (χ4v) is 2.36. The number of Topliss-reactive ketones (excluding diaryl/α,β-unsaturated/α-hetero) is 1. The number of ether oxygens (including phenoxy) is 4. The van der Waals surface area contributed by atoms with Gasteiger partial charge in [0.1, 0.15) is 6.61 Å². The Morgan fingerprint density at radius 3 is 2.62 bits per heavy atom. The highest BCUT2D eigenvalue weighted by Gasteiger charge is 2.54. The molecule has 0 radical (unpaired) electrons. The molecule has 2 saturated heterocycles. The van der Waals surface area contributed by atoms with E-state index in [9.17, 15) is 9.59 Å². The number of rotatable bonds is 3. The van der Waals surface area contributed by atoms with Gasteiger partial charge in [0.25, 0.3) is 0 Å². The van der Waals surface area contributed by atoms with E-state index in [0.29, 0.717) is 5.56 Å². The van der Waals surface area contributed by atoms with Crippen LogP contribution in [0.5, 0.6) is 0 Å². The summed E-state index contributed by atoms with van der Waals surface area (Å²) in [5.74, 6) is -1.59. The molecule has 2 aliphatic heterocycles. The first-order valence-corrected chi connectivity index (χ1v) is 6.73. The minimum Gasteiger partial charge on any atom is -0.459 e. The number of carbonyl (C=O) groups is 2. The van der Waals surface area contributed by atoms with E-state index in [-0.39, 0.29) is 12.4 Å². The molecular weight excluding hydrogens is 276 g/mol. The average molecular weight is 292 g/mol. The van der Waals surface area contributed by atoms with E-state index in [4.69, 9.17) is 18.9 Å². The van der Waals surface area contributed by atoms with Gasteiger partial charge < -0.3 is 18.9 Å². The van der Waals surface area contributed by atoms with Crippen molar-refractivity contribution in [2.45, 2.75) is 38.1 Å². The van der Waals surface area contributed by atoms with Crippen molar-refractivity contribution in [1.82, 2.24) is 0 Å². The van der Waals surface area contributed by atoms with Crippen molar-refractivity contribution in [2.24, 2.45) is 0 Å². The molecule has 1 aromatic rings. The van der Waals surface area contributed by atoms with Crippen LogP contribution in [0.15, 0.2) is 30.3 Å². The normalized spacial score (nSPS) is 30.2. The number of benzene rings is 1. The molecule has 6 heteroatoms. The third kappa shape index (κ3) is 2.83. The van der Waals surface area contributed by atoms with Gasteiger partial charge in [0.2, 0.25) is 0 Å². The molecular formula is C15H16O6. The van der Waals surface area contributed by atoms with E-state index in [0.717, 1.165) is 0 Å². The van der Waals surface area contributed by atoms with Crippen molar-refractivity contribution < 1.29 is 28.5 Å². The zero-order valence-corrected chi connectivity index (χ0v) is 11.8. The molecule has 0 aliphatic carbocycles. The fraction of sp³-hybridized carbons (Fsp3) is 0.467. The second kappa shape index (κ2) is 5.22. The molecule has 0 saturated carbocycles. The van der Waals surface area contributed by atoms with Crippen molar-refractivity contribution in [1.29, 1.82) is 0 Å². The number of hydrogen-bond acceptors (Lipinski definition) is 6. The second-order valence-electron chi connectivity index (χ2n) is 5.42. The fourth-order valence-electron chi connectivity index (χ4n) is 2.36. The molecule has 2 fully saturated rings. The van der Waals surface area contributed by atoms with Crippen LogP contribution < -0.4 is 0 Å². The second-order valence-corrected chi connectivity index (χ2v) is 5.42. The third-order valence-corrected chi connectivity index (χ3v) is 3.33. The van der Waals surface area contributed by atoms with E-state index in [2.05, 4.69) is 0 Å². The molecule has 3 rings (SSSR count). The molecule has 1 aromatic carbocycles. The summed E-state index contributed by atoms with van der Waals surface area (Å²) in [7, 11) is 0. The predicted molar refractivity (Wildman–Crippen MR) is 70.4 cm³/mol. The molecule has 0 N–H and O–H groups in total. The quantitative estimate of drug-likeness (QED) is 0.782. The Morgan fingerprint density at radius 2 is 1.95 bits per heavy atom. The molecule has 0 spiro atoms. The monoisotopic (exact) mass is 292 g/mol. The Kier molecular flexibility index (Phi) is 3.52. The highest BCUT2D eigenvalue weighted by molar-refractivity contribution is 5.92. The minimum absolute atomic E-state index is 0.146. The topological polar surface area (TPSA) is 71.1 Å². The van der Waals surface area contributed by atoms with Gasteiger partial charge in [-0.1, -0.05) is 18.2 Å². The number of ketones is 1. The summed E-state index contributed by atoms with van der Waals surface area (Å²) in [5.41, 5.74) is 0.428. The van der Waals surface area contributed by atoms with Crippen LogP contribution in [0, 0.1) is 0 Å². The Labute approximate surface area is 121 Å². The largest absolute Gasteiger partial charge is 0.459 e. The van der Waals surface area contributed by atoms with Gasteiger partial charge in [-0.2, -0.15) is 0 Å². The van der Waals surface area contributed by atoms with E-state index in [1.807, 2.05) is 0 Å². The van der Waals surface area contributed by atoms with Gasteiger partial charge in [-0.3, -0.25) is 4.79 Å². The first-order valence-electron chi connectivity index (χ1n) is 6.73. The number of carbonyl (C=O) groups excluding carboxylic acids is 2. The lowest BCUT2D eigenvalue weighted by molar-refractivity contribution is -0.207. The molecule has 21 heavy (non-hydrogen) atoms. The van der Waals surface area contributed by atoms with Crippen molar-refractivity contribution >= 4 is 11.8 Å². The van der Waals surface area contributed by atoms with Crippen LogP contribution in [0.25, 0.3) is 0 Å². The summed E-state index contributed by atoms with van der Waals surface area (Å²) in [5, 5.41) is 0. The first-order chi connectivity index (χ1) is 9.96. The van der Waals surface area contributed by atoms with Crippen LogP contribution in [-0.4, -0.2) is 42.6 Å². The number of fused-ring (bicyclic) bond motifs is 1. The van der Waals surface area contributed by atoms with Gasteiger partial charge in [0, 0.05) is 0 Å². The molecule has 2 unspecified atom stereocenters. The summed E-state index contributed by atoms with van der Waals surface area (Å²) in [6, 6.07) is 8.56. The molecule has 112 valence electrons. The Balaban J connectivity index is 1.56. The summed E-state index contributed by atoms with van der Waals surface area (Å²) < 4.78 is 21.5. The van der Waals surface area contributed by atoms with E-state index in [1.54, 1.807) is 44.2 Å². The van der Waals surface area contributed by atoms with Gasteiger partial charge >= 0.3 is 5.97 Å². The predicted octanol–water partition coefficient (Wildman–Crippen LogP) is 1.29. The molecule has 0 bridgehead atoms. The van der Waals surface area contributed by atoms with Gasteiger partial charge in [-0.05, 0) is 26.0 Å². The lowest BCUT2D eigenvalue weighted by Crippen LogP contribution is -2.33. The summed E-state index contributed by atoms with van der Waals surface area (Å²) in [4.78, 5) is 23.9. The molecule has 0 aromatic heterocycles. The molecule has 3 atom stereocenters. The maximum Gasteiger partial charge on any atom is 0.338 e. The molecule has 6 nitrogen and oxygen atoms in total. The lowest BCUT2D eigenvalue weighted by atomic mass is 10.2. The van der Waals surface area contributed by atoms with Crippen molar-refractivity contribution in [3.63, 3.8) is 0 Å². The lowest BCUT2D eigenvalue weighted by Gasteiger charge is -2.19. The van der Waals surface area contributed by atoms with Crippen LogP contribution in [0.2, 0.25) is 0 Å². The highest BCUT2D eigenvalue weighted by Crippen LogP contribution is 2.35. The Morgan fingerprint density at radius 1 is 1.24 bits per heavy atom. The van der Waals surface area contributed by atoms with Crippen LogP contribution in [0.3, 0.4) is 0 Å². The smallest absolute Gasteiger partial charge is 0.338 e. The number of hydrogen-bond donors (Lipinski definition) is 0. The summed E-state index contributed by atoms with van der Waals surface area (Å²) in [6.45, 7) is 3.28. The summed E-state index contributed by atoms with van der Waals surface area (Å²) in [6.07, 6.45) is -2.32. The van der Waals surface area contributed by atoms with Gasteiger partial charge in [0.15, 0.2) is 30.1 Å². The zero-order valence-electron chi connectivity index (χ0n) is 11.8. The van der Waals surface area contributed by atoms with Crippen molar-refractivity contribution in [2.75, 3.05) is 6.61 Å². The van der Waals surface area contributed by atoms with Crippen molar-refractivity contribution in [3.05, 3.63) is 35.9 Å². The maximum absolute atomic E-state index is 12.1. The van der Waals surface area contributed by atoms with Crippen LogP contribution in [-0.2, 0) is 23.7 Å². The minimum atomic E-state index is -0.844. The van der Waals surface area contributed by atoms with Crippen LogP contribution in [0.1, 0.15) is 24.2 Å². The van der Waals surface area contributed by atoms with Gasteiger partial charge in [-0.15, -0.1) is 0 Å². The molecule has 2 aliphatic rings. The Hall–Kier alpha value is -1.76. The SMILES string of the molecule is CC1(C)OC2OC(COC(=O)c3ccccc3)C(=O)[C@@H]2O1. The highest BCUT2D eigenvalue weighted by atomic mass is 16.8. The zero-order chi connectivity index (χ0) is 15.0. The van der Waals surface area contributed by atoms with E-state index < -0.39 is 30.3 Å². The van der Waals surface area contributed by atoms with Crippen LogP contribution in [0.4, 0.5) is 0 Å². The number of esters is 1. The van der Waals surface area contributed by atoms with Gasteiger partial charge in [0.05, 0.1) is 5.56 Å². The third-order valence-electron chi connectivity index (χ3n) is 3.33. The van der Waals surface area contributed by atoms with E-state index >= 15 is 0 Å². The average Bonchev–Trinajstić information content (AvgIpc) is 2.91. The summed E-state index contributed by atoms with van der Waals surface area (Å²) >= 11 is 0. The first kappa shape index (κ1) is 14.2.